The van der Waals surface area contributed by atoms with Gasteiger partial charge in [-0.2, -0.15) is 5.26 Å². The van der Waals surface area contributed by atoms with E-state index in [1.165, 1.54) is 10.8 Å². The minimum absolute atomic E-state index is 0.716. The predicted octanol–water partition coefficient (Wildman–Crippen LogP) is 7.61. The summed E-state index contributed by atoms with van der Waals surface area (Å²) in [5.74, 6) is 2.18. The Morgan fingerprint density at radius 1 is 0.861 bits per heavy atom. The summed E-state index contributed by atoms with van der Waals surface area (Å²) >= 11 is 0. The van der Waals surface area contributed by atoms with Crippen molar-refractivity contribution in [2.24, 2.45) is 5.92 Å². The predicted molar refractivity (Wildman–Crippen MR) is 148 cm³/mol. The average molecular weight is 477 g/mol. The normalized spacial score (nSPS) is 14.0. The fourth-order valence-electron chi connectivity index (χ4n) is 5.47. The molecule has 0 saturated carbocycles. The van der Waals surface area contributed by atoms with Crippen LogP contribution in [0.25, 0.3) is 33.0 Å². The van der Waals surface area contributed by atoms with Crippen molar-refractivity contribution in [3.63, 3.8) is 0 Å². The maximum Gasteiger partial charge on any atom is 0.130 e. The second-order valence-electron chi connectivity index (χ2n) is 9.69. The van der Waals surface area contributed by atoms with E-state index in [4.69, 9.17) is 9.47 Å². The highest BCUT2D eigenvalue weighted by molar-refractivity contribution is 6.03. The summed E-state index contributed by atoms with van der Waals surface area (Å²) in [5, 5.41) is 12.8. The van der Waals surface area contributed by atoms with Gasteiger partial charge in [0.2, 0.25) is 0 Å². The summed E-state index contributed by atoms with van der Waals surface area (Å²) < 4.78 is 11.3. The molecule has 4 heteroatoms. The van der Waals surface area contributed by atoms with Crippen LogP contribution in [-0.2, 0) is 0 Å². The third kappa shape index (κ3) is 4.16. The van der Waals surface area contributed by atoms with E-state index >= 15 is 0 Å². The molecule has 0 radical (unpaired) electrons. The van der Waals surface area contributed by atoms with Crippen molar-refractivity contribution in [1.82, 2.24) is 0 Å². The standard InChI is InChI=1S/C32H32N2O2/c1-21-14-16-34(17-15-21)30-19-28(26-11-7-9-23-8-5-6-10-25(23)26)32(22(2)29(30)20-33)27-13-12-24(35-3)18-31(27)36-4/h5-13,18-19,21H,14-17H2,1-4H3. The molecule has 4 aromatic rings. The van der Waals surface area contributed by atoms with Crippen molar-refractivity contribution in [2.45, 2.75) is 26.7 Å². The lowest BCUT2D eigenvalue weighted by Crippen LogP contribution is -2.33. The van der Waals surface area contributed by atoms with Crippen LogP contribution in [0.3, 0.4) is 0 Å². The second kappa shape index (κ2) is 9.95. The Bertz CT molecular complexity index is 1450. The molecule has 1 saturated heterocycles. The van der Waals surface area contributed by atoms with Crippen LogP contribution < -0.4 is 14.4 Å². The molecule has 0 spiro atoms. The van der Waals surface area contributed by atoms with Crippen LogP contribution in [0.2, 0.25) is 0 Å². The Hall–Kier alpha value is -3.97. The van der Waals surface area contributed by atoms with Crippen LogP contribution in [0.1, 0.15) is 30.9 Å². The van der Waals surface area contributed by atoms with Crippen molar-refractivity contribution in [1.29, 1.82) is 5.26 Å². The maximum absolute atomic E-state index is 10.4. The Morgan fingerprint density at radius 2 is 1.61 bits per heavy atom. The van der Waals surface area contributed by atoms with Gasteiger partial charge in [0.15, 0.2) is 0 Å². The lowest BCUT2D eigenvalue weighted by Gasteiger charge is -2.34. The van der Waals surface area contributed by atoms with E-state index in [0.29, 0.717) is 5.92 Å². The van der Waals surface area contributed by atoms with E-state index in [9.17, 15) is 5.26 Å². The maximum atomic E-state index is 10.4. The van der Waals surface area contributed by atoms with Gasteiger partial charge in [-0.3, -0.25) is 0 Å². The first-order chi connectivity index (χ1) is 17.5. The van der Waals surface area contributed by atoms with Crippen LogP contribution in [0.15, 0.2) is 66.7 Å². The van der Waals surface area contributed by atoms with E-state index < -0.39 is 0 Å². The third-order valence-corrected chi connectivity index (χ3v) is 7.55. The zero-order valence-corrected chi connectivity index (χ0v) is 21.5. The summed E-state index contributed by atoms with van der Waals surface area (Å²) in [5.41, 5.74) is 6.98. The second-order valence-corrected chi connectivity index (χ2v) is 9.69. The average Bonchev–Trinajstić information content (AvgIpc) is 2.92. The first-order valence-corrected chi connectivity index (χ1v) is 12.6. The molecule has 1 aliphatic rings. The van der Waals surface area contributed by atoms with Crippen LogP contribution >= 0.6 is 0 Å². The van der Waals surface area contributed by atoms with Crippen molar-refractivity contribution in [2.75, 3.05) is 32.2 Å². The Kier molecular flexibility index (Phi) is 6.57. The van der Waals surface area contributed by atoms with E-state index in [0.717, 1.165) is 76.5 Å². The van der Waals surface area contributed by atoms with Crippen LogP contribution in [0.4, 0.5) is 5.69 Å². The van der Waals surface area contributed by atoms with Crippen molar-refractivity contribution in [3.8, 4) is 39.8 Å². The van der Waals surface area contributed by atoms with Gasteiger partial charge in [0.05, 0.1) is 25.5 Å². The summed E-state index contributed by atoms with van der Waals surface area (Å²) in [4.78, 5) is 2.40. The number of anilines is 1. The molecular formula is C32H32N2O2. The summed E-state index contributed by atoms with van der Waals surface area (Å²) in [6, 6.07) is 25.6. The zero-order valence-electron chi connectivity index (χ0n) is 21.5. The van der Waals surface area contributed by atoms with Gasteiger partial charge >= 0.3 is 0 Å². The summed E-state index contributed by atoms with van der Waals surface area (Å²) in [7, 11) is 3.34. The smallest absolute Gasteiger partial charge is 0.130 e. The lowest BCUT2D eigenvalue weighted by molar-refractivity contribution is 0.395. The number of hydrogen-bond donors (Lipinski definition) is 0. The van der Waals surface area contributed by atoms with Gasteiger partial charge in [0.25, 0.3) is 0 Å². The quantitative estimate of drug-likeness (QED) is 0.297. The Balaban J connectivity index is 1.84. The lowest BCUT2D eigenvalue weighted by atomic mass is 9.85. The van der Waals surface area contributed by atoms with Gasteiger partial charge in [0, 0.05) is 24.7 Å². The molecule has 0 bridgehead atoms. The first kappa shape index (κ1) is 23.8. The minimum Gasteiger partial charge on any atom is -0.497 e. The van der Waals surface area contributed by atoms with Gasteiger partial charge in [-0.25, -0.2) is 0 Å². The number of benzene rings is 4. The van der Waals surface area contributed by atoms with E-state index in [2.05, 4.69) is 73.3 Å². The molecule has 0 atom stereocenters. The molecule has 1 aliphatic heterocycles. The molecule has 4 aromatic carbocycles. The van der Waals surface area contributed by atoms with E-state index in [-0.39, 0.29) is 0 Å². The molecule has 0 amide bonds. The number of ether oxygens (including phenoxy) is 2. The molecule has 1 heterocycles. The molecule has 1 fully saturated rings. The molecular weight excluding hydrogens is 444 g/mol. The number of rotatable bonds is 5. The Labute approximate surface area is 213 Å². The molecule has 0 aromatic heterocycles. The molecule has 182 valence electrons. The summed E-state index contributed by atoms with van der Waals surface area (Å²) in [6.45, 7) is 6.32. The van der Waals surface area contributed by atoms with Gasteiger partial charge in [-0.1, -0.05) is 49.4 Å². The van der Waals surface area contributed by atoms with Crippen LogP contribution in [0, 0.1) is 24.2 Å². The topological polar surface area (TPSA) is 45.5 Å². The number of methoxy groups -OCH3 is 2. The highest BCUT2D eigenvalue weighted by Crippen LogP contribution is 2.46. The number of nitrogens with zero attached hydrogens (tertiary/aromatic N) is 2. The van der Waals surface area contributed by atoms with E-state index in [1.807, 2.05) is 18.2 Å². The largest absolute Gasteiger partial charge is 0.497 e. The van der Waals surface area contributed by atoms with Crippen molar-refractivity contribution in [3.05, 3.63) is 77.9 Å². The fourth-order valence-corrected chi connectivity index (χ4v) is 5.47. The minimum atomic E-state index is 0.716. The Morgan fingerprint density at radius 3 is 2.33 bits per heavy atom. The monoisotopic (exact) mass is 476 g/mol. The van der Waals surface area contributed by atoms with Crippen LogP contribution in [-0.4, -0.2) is 27.3 Å². The molecule has 0 unspecified atom stereocenters. The number of nitriles is 1. The van der Waals surface area contributed by atoms with Crippen LogP contribution in [0.5, 0.6) is 11.5 Å². The van der Waals surface area contributed by atoms with E-state index in [1.54, 1.807) is 14.2 Å². The van der Waals surface area contributed by atoms with Gasteiger partial charge < -0.3 is 14.4 Å². The molecule has 5 rings (SSSR count). The number of piperidine rings is 1. The highest BCUT2D eigenvalue weighted by Gasteiger charge is 2.25. The van der Waals surface area contributed by atoms with Gasteiger partial charge in [-0.05, 0) is 76.9 Å². The van der Waals surface area contributed by atoms with Gasteiger partial charge in [0.1, 0.15) is 17.6 Å². The highest BCUT2D eigenvalue weighted by atomic mass is 16.5. The summed E-state index contributed by atoms with van der Waals surface area (Å²) in [6.07, 6.45) is 2.28. The molecule has 0 N–H and O–H groups in total. The first-order valence-electron chi connectivity index (χ1n) is 12.6. The van der Waals surface area contributed by atoms with Crippen molar-refractivity contribution < 1.29 is 9.47 Å². The fraction of sp³-hybridized carbons (Fsp3) is 0.281. The van der Waals surface area contributed by atoms with Gasteiger partial charge in [-0.15, -0.1) is 0 Å². The molecule has 36 heavy (non-hydrogen) atoms. The van der Waals surface area contributed by atoms with Crippen molar-refractivity contribution >= 4 is 16.5 Å². The third-order valence-electron chi connectivity index (χ3n) is 7.55. The molecule has 4 nitrogen and oxygen atoms in total. The zero-order chi connectivity index (χ0) is 25.2. The molecule has 0 aliphatic carbocycles. The number of fused-ring (bicyclic) bond motifs is 1. The number of hydrogen-bond acceptors (Lipinski definition) is 4. The SMILES string of the molecule is COc1ccc(-c2c(-c3cccc4ccccc34)cc(N3CCC(C)CC3)c(C#N)c2C)c(OC)c1.